The molecule has 0 saturated heterocycles. The number of benzene rings is 1. The predicted molar refractivity (Wildman–Crippen MR) is 61.2 cm³/mol. The summed E-state index contributed by atoms with van der Waals surface area (Å²) < 4.78 is 18.3. The number of esters is 1. The Morgan fingerprint density at radius 3 is 2.88 bits per heavy atom. The fraction of sp³-hybridized carbons (Fsp3) is 0.250. The van der Waals surface area contributed by atoms with E-state index in [1.165, 1.54) is 18.2 Å². The van der Waals surface area contributed by atoms with Gasteiger partial charge in [0.15, 0.2) is 0 Å². The lowest BCUT2D eigenvalue weighted by Gasteiger charge is -2.04. The first kappa shape index (κ1) is 12.2. The number of hydrogen-bond acceptors (Lipinski definition) is 3. The zero-order valence-electron chi connectivity index (χ0n) is 9.29. The van der Waals surface area contributed by atoms with Gasteiger partial charge < -0.3 is 10.5 Å². The molecule has 1 rings (SSSR count). The molecule has 0 spiro atoms. The highest BCUT2D eigenvalue weighted by Crippen LogP contribution is 2.19. The minimum absolute atomic E-state index is 0.298. The van der Waals surface area contributed by atoms with Crippen LogP contribution in [0, 0.1) is 12.7 Å². The molecule has 0 aliphatic rings. The van der Waals surface area contributed by atoms with E-state index in [1.807, 2.05) is 0 Å². The maximum absolute atomic E-state index is 13.6. The summed E-state index contributed by atoms with van der Waals surface area (Å²) in [7, 11) is 0. The van der Waals surface area contributed by atoms with E-state index in [1.54, 1.807) is 19.9 Å². The zero-order valence-corrected chi connectivity index (χ0v) is 9.29. The van der Waals surface area contributed by atoms with E-state index in [4.69, 9.17) is 5.73 Å². The summed E-state index contributed by atoms with van der Waals surface area (Å²) in [5.41, 5.74) is 6.63. The van der Waals surface area contributed by atoms with Gasteiger partial charge in [-0.1, -0.05) is 0 Å². The maximum atomic E-state index is 13.6. The molecule has 0 radical (unpaired) electrons. The van der Waals surface area contributed by atoms with Crippen LogP contribution in [-0.4, -0.2) is 12.6 Å². The quantitative estimate of drug-likeness (QED) is 0.486. The summed E-state index contributed by atoms with van der Waals surface area (Å²) in [4.78, 5) is 11.0. The van der Waals surface area contributed by atoms with Crippen LogP contribution >= 0.6 is 0 Å². The third-order valence-corrected chi connectivity index (χ3v) is 2.14. The Morgan fingerprint density at radius 2 is 2.25 bits per heavy atom. The first-order chi connectivity index (χ1) is 7.56. The molecule has 0 atom stereocenters. The molecule has 0 aromatic heterocycles. The Kier molecular flexibility index (Phi) is 4.05. The van der Waals surface area contributed by atoms with Crippen LogP contribution in [0.1, 0.15) is 18.1 Å². The SMILES string of the molecule is CCOC(=O)C=Cc1ccc(N)c(C)c1F. The zero-order chi connectivity index (χ0) is 12.1. The Hall–Kier alpha value is -1.84. The van der Waals surface area contributed by atoms with Crippen molar-refractivity contribution in [2.24, 2.45) is 0 Å². The van der Waals surface area contributed by atoms with Gasteiger partial charge in [0.25, 0.3) is 0 Å². The molecule has 1 aromatic carbocycles. The van der Waals surface area contributed by atoms with Crippen LogP contribution in [0.2, 0.25) is 0 Å². The maximum Gasteiger partial charge on any atom is 0.330 e. The number of anilines is 1. The van der Waals surface area contributed by atoms with Crippen LogP contribution in [0.4, 0.5) is 10.1 Å². The number of hydrogen-bond donors (Lipinski definition) is 1. The standard InChI is InChI=1S/C12H14FNO2/c1-3-16-11(15)7-5-9-4-6-10(14)8(2)12(9)13/h4-7H,3,14H2,1-2H3. The van der Waals surface area contributed by atoms with Crippen LogP contribution in [0.3, 0.4) is 0 Å². The van der Waals surface area contributed by atoms with Gasteiger partial charge in [0.1, 0.15) is 5.82 Å². The number of ether oxygens (including phenoxy) is 1. The fourth-order valence-electron chi connectivity index (χ4n) is 1.20. The van der Waals surface area contributed by atoms with Gasteiger partial charge in [-0.3, -0.25) is 0 Å². The summed E-state index contributed by atoms with van der Waals surface area (Å²) in [6.45, 7) is 3.60. The van der Waals surface area contributed by atoms with Gasteiger partial charge in [0.2, 0.25) is 0 Å². The molecule has 16 heavy (non-hydrogen) atoms. The van der Waals surface area contributed by atoms with E-state index >= 15 is 0 Å². The van der Waals surface area contributed by atoms with Crippen molar-refractivity contribution in [3.8, 4) is 0 Å². The van der Waals surface area contributed by atoms with E-state index < -0.39 is 11.8 Å². The van der Waals surface area contributed by atoms with Crippen molar-refractivity contribution in [3.63, 3.8) is 0 Å². The number of nitrogens with two attached hydrogens (primary N) is 1. The Balaban J connectivity index is 2.90. The average molecular weight is 223 g/mol. The normalized spacial score (nSPS) is 10.7. The molecular formula is C12H14FNO2. The lowest BCUT2D eigenvalue weighted by Crippen LogP contribution is -1.99. The van der Waals surface area contributed by atoms with E-state index in [2.05, 4.69) is 4.74 Å². The van der Waals surface area contributed by atoms with E-state index in [0.29, 0.717) is 23.4 Å². The molecule has 0 bridgehead atoms. The van der Waals surface area contributed by atoms with Gasteiger partial charge in [-0.2, -0.15) is 0 Å². The molecule has 0 saturated carbocycles. The lowest BCUT2D eigenvalue weighted by molar-refractivity contribution is -0.137. The third-order valence-electron chi connectivity index (χ3n) is 2.14. The van der Waals surface area contributed by atoms with Gasteiger partial charge in [-0.15, -0.1) is 0 Å². The largest absolute Gasteiger partial charge is 0.463 e. The van der Waals surface area contributed by atoms with Crippen LogP contribution in [0.15, 0.2) is 18.2 Å². The summed E-state index contributed by atoms with van der Waals surface area (Å²) in [6, 6.07) is 3.12. The van der Waals surface area contributed by atoms with E-state index in [0.717, 1.165) is 0 Å². The monoisotopic (exact) mass is 223 g/mol. The average Bonchev–Trinajstić information content (AvgIpc) is 2.25. The topological polar surface area (TPSA) is 52.3 Å². The van der Waals surface area contributed by atoms with Gasteiger partial charge in [0.05, 0.1) is 6.61 Å². The highest BCUT2D eigenvalue weighted by Gasteiger charge is 2.05. The summed E-state index contributed by atoms with van der Waals surface area (Å²) >= 11 is 0. The van der Waals surface area contributed by atoms with Gasteiger partial charge in [-0.25, -0.2) is 9.18 Å². The first-order valence-electron chi connectivity index (χ1n) is 4.95. The summed E-state index contributed by atoms with van der Waals surface area (Å²) in [5, 5.41) is 0. The summed E-state index contributed by atoms with van der Waals surface area (Å²) in [6.07, 6.45) is 2.57. The highest BCUT2D eigenvalue weighted by atomic mass is 19.1. The van der Waals surface area contributed by atoms with Crippen molar-refractivity contribution in [2.75, 3.05) is 12.3 Å². The highest BCUT2D eigenvalue weighted by molar-refractivity contribution is 5.87. The molecule has 0 heterocycles. The van der Waals surface area contributed by atoms with Crippen LogP contribution in [-0.2, 0) is 9.53 Å². The number of rotatable bonds is 3. The molecule has 0 aliphatic carbocycles. The predicted octanol–water partition coefficient (Wildman–Crippen LogP) is 2.29. The first-order valence-corrected chi connectivity index (χ1v) is 4.95. The Bertz CT molecular complexity index is 427. The van der Waals surface area contributed by atoms with Crippen LogP contribution in [0.5, 0.6) is 0 Å². The number of carbonyl (C=O) groups is 1. The Morgan fingerprint density at radius 1 is 1.56 bits per heavy atom. The molecule has 0 aliphatic heterocycles. The van der Waals surface area contributed by atoms with Crippen molar-refractivity contribution in [2.45, 2.75) is 13.8 Å². The molecule has 0 fully saturated rings. The fourth-order valence-corrected chi connectivity index (χ4v) is 1.20. The molecule has 4 heteroatoms. The molecule has 0 unspecified atom stereocenters. The number of halogens is 1. The molecule has 3 nitrogen and oxygen atoms in total. The second kappa shape index (κ2) is 5.30. The molecular weight excluding hydrogens is 209 g/mol. The second-order valence-electron chi connectivity index (χ2n) is 3.27. The number of carbonyl (C=O) groups excluding carboxylic acids is 1. The smallest absolute Gasteiger partial charge is 0.330 e. The lowest BCUT2D eigenvalue weighted by atomic mass is 10.1. The van der Waals surface area contributed by atoms with Gasteiger partial charge in [-0.05, 0) is 32.1 Å². The van der Waals surface area contributed by atoms with Crippen molar-refractivity contribution >= 4 is 17.7 Å². The minimum Gasteiger partial charge on any atom is -0.463 e. The van der Waals surface area contributed by atoms with E-state index in [9.17, 15) is 9.18 Å². The second-order valence-corrected chi connectivity index (χ2v) is 3.27. The van der Waals surface area contributed by atoms with E-state index in [-0.39, 0.29) is 0 Å². The molecule has 2 N–H and O–H groups in total. The Labute approximate surface area is 93.7 Å². The molecule has 86 valence electrons. The van der Waals surface area contributed by atoms with Crippen molar-refractivity contribution in [1.29, 1.82) is 0 Å². The molecule has 1 aromatic rings. The third kappa shape index (κ3) is 2.82. The van der Waals surface area contributed by atoms with Gasteiger partial charge in [0, 0.05) is 22.9 Å². The number of nitrogen functional groups attached to an aromatic ring is 1. The van der Waals surface area contributed by atoms with Gasteiger partial charge >= 0.3 is 5.97 Å². The molecule has 0 amide bonds. The van der Waals surface area contributed by atoms with Crippen molar-refractivity contribution in [1.82, 2.24) is 0 Å². The summed E-state index contributed by atoms with van der Waals surface area (Å²) in [5.74, 6) is -0.906. The van der Waals surface area contributed by atoms with Crippen LogP contribution in [0.25, 0.3) is 6.08 Å². The van der Waals surface area contributed by atoms with Crippen molar-refractivity contribution in [3.05, 3.63) is 35.2 Å². The van der Waals surface area contributed by atoms with Crippen molar-refractivity contribution < 1.29 is 13.9 Å². The van der Waals surface area contributed by atoms with Crippen LogP contribution < -0.4 is 5.73 Å². The minimum atomic E-state index is -0.489.